The lowest BCUT2D eigenvalue weighted by atomic mass is 9.95. The van der Waals surface area contributed by atoms with Crippen LogP contribution in [0.25, 0.3) is 5.76 Å². The Labute approximate surface area is 205 Å². The van der Waals surface area contributed by atoms with Crippen molar-refractivity contribution < 1.29 is 19.4 Å². The molecule has 3 aromatic rings. The zero-order valence-corrected chi connectivity index (χ0v) is 20.5. The zero-order valence-electron chi connectivity index (χ0n) is 20.5. The number of anilines is 2. The number of nitrogens with zero attached hydrogens (tertiary/aromatic N) is 3. The van der Waals surface area contributed by atoms with E-state index in [1.807, 2.05) is 51.9 Å². The number of rotatable bonds is 6. The van der Waals surface area contributed by atoms with Gasteiger partial charge in [0.1, 0.15) is 11.5 Å². The number of Topliss-reactive ketones (excluding diaryl/α,β-unsaturated/α-hetero) is 1. The maximum atomic E-state index is 13.3. The van der Waals surface area contributed by atoms with Crippen LogP contribution in [0.2, 0.25) is 0 Å². The Morgan fingerprint density at radius 1 is 1.09 bits per heavy atom. The first-order valence-corrected chi connectivity index (χ1v) is 11.4. The Hall–Kier alpha value is -4.13. The topological polar surface area (TPSA) is 83.0 Å². The second-order valence-electron chi connectivity index (χ2n) is 9.01. The number of ether oxygens (including phenoxy) is 1. The van der Waals surface area contributed by atoms with Crippen molar-refractivity contribution in [2.45, 2.75) is 32.9 Å². The molecule has 1 aromatic heterocycles. The van der Waals surface area contributed by atoms with Gasteiger partial charge in [0.15, 0.2) is 0 Å². The molecule has 7 nitrogen and oxygen atoms in total. The molecule has 0 radical (unpaired) electrons. The molecular formula is C28H29N3O4. The molecule has 2 heterocycles. The highest BCUT2D eigenvalue weighted by Crippen LogP contribution is 2.42. The fourth-order valence-electron chi connectivity index (χ4n) is 4.20. The first-order chi connectivity index (χ1) is 16.7. The van der Waals surface area contributed by atoms with Crippen LogP contribution in [0.5, 0.6) is 5.75 Å². The monoisotopic (exact) mass is 471 g/mol. The first kappa shape index (κ1) is 24.0. The lowest BCUT2D eigenvalue weighted by Crippen LogP contribution is -2.29. The van der Waals surface area contributed by atoms with E-state index in [4.69, 9.17) is 4.74 Å². The minimum absolute atomic E-state index is 0.00272. The van der Waals surface area contributed by atoms with Crippen molar-refractivity contribution in [3.8, 4) is 5.75 Å². The van der Waals surface area contributed by atoms with Gasteiger partial charge in [-0.2, -0.15) is 0 Å². The van der Waals surface area contributed by atoms with Crippen molar-refractivity contribution in [3.63, 3.8) is 0 Å². The van der Waals surface area contributed by atoms with Crippen molar-refractivity contribution in [2.75, 3.05) is 23.9 Å². The first-order valence-electron chi connectivity index (χ1n) is 11.4. The molecule has 1 fully saturated rings. The van der Waals surface area contributed by atoms with Gasteiger partial charge in [-0.3, -0.25) is 19.5 Å². The smallest absolute Gasteiger partial charge is 0.300 e. The molecule has 1 atom stereocenters. The summed E-state index contributed by atoms with van der Waals surface area (Å²) in [6.45, 7) is 5.75. The lowest BCUT2D eigenvalue weighted by molar-refractivity contribution is -0.132. The predicted molar refractivity (Wildman–Crippen MR) is 137 cm³/mol. The summed E-state index contributed by atoms with van der Waals surface area (Å²) in [5.41, 5.74) is 3.42. The molecule has 1 amide bonds. The summed E-state index contributed by atoms with van der Waals surface area (Å²) < 4.78 is 5.80. The number of aliphatic hydroxyl groups excluding tert-OH is 1. The molecule has 180 valence electrons. The van der Waals surface area contributed by atoms with Crippen LogP contribution in [0.15, 0.2) is 72.6 Å². The summed E-state index contributed by atoms with van der Waals surface area (Å²) in [6, 6.07) is 15.3. The Kier molecular flexibility index (Phi) is 6.60. The molecule has 0 aliphatic carbocycles. The van der Waals surface area contributed by atoms with E-state index in [0.29, 0.717) is 22.6 Å². The molecule has 4 rings (SSSR count). The number of pyridine rings is 1. The van der Waals surface area contributed by atoms with Crippen LogP contribution in [0.1, 0.15) is 36.6 Å². The number of aliphatic hydroxyl groups is 1. The van der Waals surface area contributed by atoms with Gasteiger partial charge in [-0.25, -0.2) is 0 Å². The Morgan fingerprint density at radius 3 is 2.37 bits per heavy atom. The van der Waals surface area contributed by atoms with E-state index < -0.39 is 17.7 Å². The van der Waals surface area contributed by atoms with Crippen LogP contribution in [-0.4, -0.2) is 42.0 Å². The van der Waals surface area contributed by atoms with Crippen molar-refractivity contribution in [1.29, 1.82) is 0 Å². The standard InChI is InChI=1S/C28H29N3O4/c1-17(2)35-23-13-8-19(15-18(23)3)26(32)24-25(20-7-6-14-29-16-20)31(28(34)27(24)33)22-11-9-21(10-12-22)30(4)5/h6-17,25,32H,1-5H3/b26-24-. The van der Waals surface area contributed by atoms with Crippen molar-refractivity contribution in [3.05, 3.63) is 89.3 Å². The van der Waals surface area contributed by atoms with Crippen molar-refractivity contribution in [2.24, 2.45) is 0 Å². The largest absolute Gasteiger partial charge is 0.507 e. The van der Waals surface area contributed by atoms with Gasteiger partial charge in [-0.1, -0.05) is 6.07 Å². The summed E-state index contributed by atoms with van der Waals surface area (Å²) in [5.74, 6) is -0.978. The van der Waals surface area contributed by atoms with Crippen LogP contribution >= 0.6 is 0 Å². The number of carbonyl (C=O) groups excluding carboxylic acids is 2. The van der Waals surface area contributed by atoms with Gasteiger partial charge in [-0.05, 0) is 80.4 Å². The van der Waals surface area contributed by atoms with Gasteiger partial charge in [0.25, 0.3) is 11.7 Å². The second-order valence-corrected chi connectivity index (χ2v) is 9.01. The van der Waals surface area contributed by atoms with Crippen LogP contribution in [0.3, 0.4) is 0 Å². The number of benzene rings is 2. The third-order valence-corrected chi connectivity index (χ3v) is 5.90. The van der Waals surface area contributed by atoms with Crippen molar-refractivity contribution in [1.82, 2.24) is 4.98 Å². The molecule has 1 saturated heterocycles. The average Bonchev–Trinajstić information content (AvgIpc) is 3.10. The quantitative estimate of drug-likeness (QED) is 0.314. The Bertz CT molecular complexity index is 1280. The fourth-order valence-corrected chi connectivity index (χ4v) is 4.20. The summed E-state index contributed by atoms with van der Waals surface area (Å²) in [5, 5.41) is 11.3. The number of hydrogen-bond acceptors (Lipinski definition) is 6. The van der Waals surface area contributed by atoms with Crippen LogP contribution < -0.4 is 14.5 Å². The maximum Gasteiger partial charge on any atom is 0.300 e. The highest BCUT2D eigenvalue weighted by molar-refractivity contribution is 6.51. The van der Waals surface area contributed by atoms with Crippen LogP contribution in [0, 0.1) is 6.92 Å². The van der Waals surface area contributed by atoms with E-state index in [0.717, 1.165) is 11.3 Å². The van der Waals surface area contributed by atoms with Gasteiger partial charge < -0.3 is 14.7 Å². The number of amides is 1. The van der Waals surface area contributed by atoms with E-state index in [1.54, 1.807) is 54.9 Å². The van der Waals surface area contributed by atoms with E-state index in [-0.39, 0.29) is 17.4 Å². The molecule has 2 aromatic carbocycles. The number of aromatic nitrogens is 1. The van der Waals surface area contributed by atoms with Gasteiger partial charge in [0.2, 0.25) is 0 Å². The molecule has 0 saturated carbocycles. The molecule has 1 aliphatic heterocycles. The summed E-state index contributed by atoms with van der Waals surface area (Å²) >= 11 is 0. The van der Waals surface area contributed by atoms with Crippen LogP contribution in [0.4, 0.5) is 11.4 Å². The van der Waals surface area contributed by atoms with Gasteiger partial charge in [0, 0.05) is 43.4 Å². The number of hydrogen-bond donors (Lipinski definition) is 1. The van der Waals surface area contributed by atoms with Gasteiger partial charge >= 0.3 is 0 Å². The highest BCUT2D eigenvalue weighted by atomic mass is 16.5. The predicted octanol–water partition coefficient (Wildman–Crippen LogP) is 4.87. The molecule has 1 unspecified atom stereocenters. The average molecular weight is 472 g/mol. The van der Waals surface area contributed by atoms with E-state index in [2.05, 4.69) is 4.98 Å². The zero-order chi connectivity index (χ0) is 25.3. The Morgan fingerprint density at radius 2 is 1.80 bits per heavy atom. The number of aryl methyl sites for hydroxylation is 1. The van der Waals surface area contributed by atoms with E-state index in [1.165, 1.54) is 4.90 Å². The van der Waals surface area contributed by atoms with E-state index in [9.17, 15) is 14.7 Å². The number of ketones is 1. The molecule has 35 heavy (non-hydrogen) atoms. The summed E-state index contributed by atoms with van der Waals surface area (Å²) in [6.07, 6.45) is 3.23. The second kappa shape index (κ2) is 9.62. The molecule has 1 aliphatic rings. The summed E-state index contributed by atoms with van der Waals surface area (Å²) in [4.78, 5) is 34.1. The number of carbonyl (C=O) groups is 2. The Balaban J connectivity index is 1.85. The SMILES string of the molecule is Cc1cc(/C(O)=C2/C(=O)C(=O)N(c3ccc(N(C)C)cc3)C2c2cccnc2)ccc1OC(C)C. The summed E-state index contributed by atoms with van der Waals surface area (Å²) in [7, 11) is 3.85. The maximum absolute atomic E-state index is 13.3. The fraction of sp³-hybridized carbons (Fsp3) is 0.250. The highest BCUT2D eigenvalue weighted by Gasteiger charge is 2.47. The van der Waals surface area contributed by atoms with E-state index >= 15 is 0 Å². The molecule has 0 bridgehead atoms. The lowest BCUT2D eigenvalue weighted by Gasteiger charge is -2.25. The van der Waals surface area contributed by atoms with Crippen molar-refractivity contribution >= 4 is 28.8 Å². The third-order valence-electron chi connectivity index (χ3n) is 5.90. The minimum atomic E-state index is -0.819. The molecule has 7 heteroatoms. The van der Waals surface area contributed by atoms with Gasteiger partial charge in [0.05, 0.1) is 17.7 Å². The normalized spacial score (nSPS) is 17.2. The minimum Gasteiger partial charge on any atom is -0.507 e. The molecule has 0 spiro atoms. The third kappa shape index (κ3) is 4.62. The molecule has 1 N–H and O–H groups in total. The molecular weight excluding hydrogens is 442 g/mol. The van der Waals surface area contributed by atoms with Gasteiger partial charge in [-0.15, -0.1) is 0 Å². The van der Waals surface area contributed by atoms with Crippen LogP contribution in [-0.2, 0) is 9.59 Å².